The Labute approximate surface area is 244 Å². The zero-order valence-electron chi connectivity index (χ0n) is 22.9. The first-order valence-electron chi connectivity index (χ1n) is 13.2. The second-order valence-electron chi connectivity index (χ2n) is 12.4. The molecule has 41 heavy (non-hydrogen) atoms. The third kappa shape index (κ3) is 5.37. The third-order valence-electron chi connectivity index (χ3n) is 7.64. The van der Waals surface area contributed by atoms with E-state index in [2.05, 4.69) is 19.9 Å². The van der Waals surface area contributed by atoms with Crippen LogP contribution in [0.3, 0.4) is 0 Å². The average molecular weight is 630 g/mol. The lowest BCUT2D eigenvalue weighted by Gasteiger charge is -2.49. The topological polar surface area (TPSA) is 122 Å². The fourth-order valence-corrected chi connectivity index (χ4v) is 7.80. The molecule has 1 spiro atoms. The fourth-order valence-electron chi connectivity index (χ4n) is 5.36. The minimum atomic E-state index is -3.94. The van der Waals surface area contributed by atoms with E-state index in [9.17, 15) is 22.0 Å². The molecule has 0 radical (unpaired) electrons. The van der Waals surface area contributed by atoms with E-state index in [0.717, 1.165) is 19.3 Å². The zero-order chi connectivity index (χ0) is 29.5. The second-order valence-corrected chi connectivity index (χ2v) is 15.5. The van der Waals surface area contributed by atoms with E-state index in [1.165, 1.54) is 10.6 Å². The van der Waals surface area contributed by atoms with Gasteiger partial charge in [-0.3, -0.25) is 4.40 Å². The van der Waals surface area contributed by atoms with Gasteiger partial charge in [0.25, 0.3) is 6.43 Å². The number of carbonyl (C=O) groups excluding carboxylic acids is 1. The van der Waals surface area contributed by atoms with Gasteiger partial charge in [-0.15, -0.1) is 10.2 Å². The Morgan fingerprint density at radius 3 is 2.51 bits per heavy atom. The third-order valence-corrected chi connectivity index (χ3v) is 10.4. The summed E-state index contributed by atoms with van der Waals surface area (Å²) < 4.78 is 63.2. The minimum absolute atomic E-state index is 0.00945. The van der Waals surface area contributed by atoms with E-state index in [0.29, 0.717) is 48.7 Å². The number of anilines is 1. The summed E-state index contributed by atoms with van der Waals surface area (Å²) >= 11 is 7.27. The molecule has 222 valence electrons. The van der Waals surface area contributed by atoms with Crippen LogP contribution in [0, 0.1) is 5.41 Å². The highest BCUT2D eigenvalue weighted by Gasteiger charge is 2.50. The van der Waals surface area contributed by atoms with Gasteiger partial charge in [0, 0.05) is 43.3 Å². The number of likely N-dealkylation sites (tertiary alicyclic amines) is 1. The maximum atomic E-state index is 13.5. The highest BCUT2D eigenvalue weighted by atomic mass is 35.5. The minimum Gasteiger partial charge on any atom is -0.444 e. The molecule has 0 atom stereocenters. The van der Waals surface area contributed by atoms with Gasteiger partial charge in [-0.2, -0.15) is 0 Å². The van der Waals surface area contributed by atoms with Crippen molar-refractivity contribution < 1.29 is 26.7 Å². The van der Waals surface area contributed by atoms with Gasteiger partial charge in [-0.25, -0.2) is 31.7 Å². The molecular formula is C25H30ClF2N7O4S2. The number of rotatable bonds is 6. The number of alkyl halides is 2. The van der Waals surface area contributed by atoms with Crippen molar-refractivity contribution in [2.24, 2.45) is 5.41 Å². The van der Waals surface area contributed by atoms with Crippen molar-refractivity contribution in [1.82, 2.24) is 29.2 Å². The standard InChI is InChI=1S/C25H30ClF2N7O4S2/c1-23(2,3)39-22(36)33-8-7-25(11-33)12-34(13-25)15-9-14(41(37,38)32-24(4)5-6-24)10-35-16(15)17(26)29-19(35)21-31-30-20(40-21)18(27)28/h9-10,18,32H,5-8,11-13H2,1-4H3. The maximum absolute atomic E-state index is 13.5. The Kier molecular flexibility index (Phi) is 6.56. The number of pyridine rings is 1. The molecule has 2 aliphatic heterocycles. The molecule has 0 bridgehead atoms. The molecule has 11 nitrogen and oxygen atoms in total. The number of amides is 1. The first kappa shape index (κ1) is 28.5. The van der Waals surface area contributed by atoms with Gasteiger partial charge >= 0.3 is 6.09 Å². The van der Waals surface area contributed by atoms with Gasteiger partial charge in [-0.05, 0) is 53.0 Å². The Hall–Kier alpha value is -2.62. The maximum Gasteiger partial charge on any atom is 0.410 e. The van der Waals surface area contributed by atoms with E-state index >= 15 is 0 Å². The number of fused-ring (bicyclic) bond motifs is 1. The Morgan fingerprint density at radius 1 is 1.20 bits per heavy atom. The van der Waals surface area contributed by atoms with E-state index < -0.39 is 32.6 Å². The van der Waals surface area contributed by atoms with Crippen molar-refractivity contribution in [3.8, 4) is 10.8 Å². The van der Waals surface area contributed by atoms with Crippen LogP contribution in [0.4, 0.5) is 19.3 Å². The summed E-state index contributed by atoms with van der Waals surface area (Å²) in [6, 6.07) is 1.57. The fraction of sp³-hybridized carbons (Fsp3) is 0.600. The van der Waals surface area contributed by atoms with E-state index in [-0.39, 0.29) is 32.4 Å². The first-order chi connectivity index (χ1) is 19.1. The summed E-state index contributed by atoms with van der Waals surface area (Å²) in [6.07, 6.45) is 0.463. The summed E-state index contributed by atoms with van der Waals surface area (Å²) in [4.78, 5) is 20.7. The molecular weight excluding hydrogens is 600 g/mol. The molecule has 16 heteroatoms. The molecule has 0 aromatic carbocycles. The van der Waals surface area contributed by atoms with Crippen molar-refractivity contribution >= 4 is 50.3 Å². The van der Waals surface area contributed by atoms with Crippen molar-refractivity contribution in [2.45, 2.75) is 69.4 Å². The highest BCUT2D eigenvalue weighted by molar-refractivity contribution is 7.89. The molecule has 1 aliphatic carbocycles. The molecule has 3 aromatic rings. The Morgan fingerprint density at radius 2 is 1.90 bits per heavy atom. The molecule has 2 saturated heterocycles. The molecule has 3 aliphatic rings. The monoisotopic (exact) mass is 629 g/mol. The average Bonchev–Trinajstić information content (AvgIpc) is 3.25. The van der Waals surface area contributed by atoms with Crippen LogP contribution in [0.5, 0.6) is 0 Å². The van der Waals surface area contributed by atoms with Crippen molar-refractivity contribution in [3.05, 3.63) is 22.4 Å². The number of ether oxygens (including phenoxy) is 1. The molecule has 1 amide bonds. The van der Waals surface area contributed by atoms with E-state index in [1.54, 1.807) is 11.0 Å². The summed E-state index contributed by atoms with van der Waals surface area (Å²) in [7, 11) is -3.94. The number of hydrogen-bond acceptors (Lipinski definition) is 9. The molecule has 3 aromatic heterocycles. The predicted octanol–water partition coefficient (Wildman–Crippen LogP) is 4.72. The summed E-state index contributed by atoms with van der Waals surface area (Å²) in [5, 5.41) is 7.12. The van der Waals surface area contributed by atoms with Gasteiger partial charge in [-0.1, -0.05) is 22.9 Å². The predicted molar refractivity (Wildman–Crippen MR) is 149 cm³/mol. The number of nitrogens with zero attached hydrogens (tertiary/aromatic N) is 6. The van der Waals surface area contributed by atoms with Crippen LogP contribution in [0.2, 0.25) is 5.15 Å². The Bertz CT molecular complexity index is 1640. The quantitative estimate of drug-likeness (QED) is 0.416. The smallest absolute Gasteiger partial charge is 0.410 e. The number of sulfonamides is 1. The van der Waals surface area contributed by atoms with Crippen LogP contribution in [0.15, 0.2) is 17.2 Å². The van der Waals surface area contributed by atoms with Crippen LogP contribution < -0.4 is 9.62 Å². The van der Waals surface area contributed by atoms with Crippen molar-refractivity contribution in [3.63, 3.8) is 0 Å². The molecule has 1 saturated carbocycles. The SMILES string of the molecule is CC1(NS(=O)(=O)c2cc(N3CC4(CCN(C(=O)OC(C)(C)C)C4)C3)c3c(Cl)nc(-c4nnc(C(F)F)s4)n3c2)CC1. The first-order valence-corrected chi connectivity index (χ1v) is 15.9. The normalized spacial score (nSPS) is 19.8. The summed E-state index contributed by atoms with van der Waals surface area (Å²) in [6.45, 7) is 9.52. The van der Waals surface area contributed by atoms with Gasteiger partial charge in [0.15, 0.2) is 21.0 Å². The number of nitrogens with one attached hydrogen (secondary N) is 1. The number of halogens is 3. The second kappa shape index (κ2) is 9.44. The number of carbonyl (C=O) groups is 1. The number of hydrogen-bond donors (Lipinski definition) is 1. The Balaban J connectivity index is 1.36. The molecule has 1 N–H and O–H groups in total. The lowest BCUT2D eigenvalue weighted by atomic mass is 9.78. The number of imidazole rings is 1. The summed E-state index contributed by atoms with van der Waals surface area (Å²) in [5.74, 6) is 0.123. The lowest BCUT2D eigenvalue weighted by Crippen LogP contribution is -2.58. The van der Waals surface area contributed by atoms with E-state index in [4.69, 9.17) is 16.3 Å². The van der Waals surface area contributed by atoms with Gasteiger partial charge in [0.1, 0.15) is 16.0 Å². The van der Waals surface area contributed by atoms with Crippen molar-refractivity contribution in [1.29, 1.82) is 0 Å². The molecule has 0 unspecified atom stereocenters. The molecule has 6 rings (SSSR count). The van der Waals surface area contributed by atoms with Gasteiger partial charge in [0.05, 0.1) is 5.69 Å². The van der Waals surface area contributed by atoms with Gasteiger partial charge < -0.3 is 14.5 Å². The molecule has 5 heterocycles. The van der Waals surface area contributed by atoms with Crippen LogP contribution in [-0.2, 0) is 14.8 Å². The number of aromatic nitrogens is 4. The van der Waals surface area contributed by atoms with Crippen LogP contribution in [0.1, 0.15) is 58.4 Å². The van der Waals surface area contributed by atoms with Crippen LogP contribution in [-0.4, -0.2) is 76.3 Å². The highest BCUT2D eigenvalue weighted by Crippen LogP contribution is 2.46. The largest absolute Gasteiger partial charge is 0.444 e. The van der Waals surface area contributed by atoms with Crippen molar-refractivity contribution in [2.75, 3.05) is 31.1 Å². The molecule has 3 fully saturated rings. The summed E-state index contributed by atoms with van der Waals surface area (Å²) in [5.41, 5.74) is -0.309. The van der Waals surface area contributed by atoms with Crippen LogP contribution in [0.25, 0.3) is 16.3 Å². The van der Waals surface area contributed by atoms with E-state index in [1.807, 2.05) is 32.6 Å². The zero-order valence-corrected chi connectivity index (χ0v) is 25.3. The van der Waals surface area contributed by atoms with Gasteiger partial charge in [0.2, 0.25) is 10.0 Å². The van der Waals surface area contributed by atoms with Crippen LogP contribution >= 0.6 is 22.9 Å². The lowest BCUT2D eigenvalue weighted by molar-refractivity contribution is 0.0265.